The van der Waals surface area contributed by atoms with E-state index in [1.807, 2.05) is 25.1 Å². The Kier molecular flexibility index (Phi) is 5.43. The van der Waals surface area contributed by atoms with Crippen molar-refractivity contribution in [1.82, 2.24) is 5.32 Å². The average Bonchev–Trinajstić information content (AvgIpc) is 2.27. The van der Waals surface area contributed by atoms with Gasteiger partial charge in [-0.1, -0.05) is 24.6 Å². The molecule has 0 radical (unpaired) electrons. The van der Waals surface area contributed by atoms with Crippen molar-refractivity contribution in [1.29, 1.82) is 0 Å². The summed E-state index contributed by atoms with van der Waals surface area (Å²) in [7, 11) is -2.87. The molecule has 1 aromatic rings. The van der Waals surface area contributed by atoms with Crippen LogP contribution in [0.1, 0.15) is 18.1 Å². The first kappa shape index (κ1) is 14.5. The summed E-state index contributed by atoms with van der Waals surface area (Å²) in [5, 5.41) is 3.85. The highest BCUT2D eigenvalue weighted by Gasteiger charge is 2.06. The molecule has 1 N–H and O–H groups in total. The zero-order chi connectivity index (χ0) is 12.9. The van der Waals surface area contributed by atoms with E-state index in [1.54, 1.807) is 6.92 Å². The van der Waals surface area contributed by atoms with Crippen molar-refractivity contribution >= 4 is 21.4 Å². The van der Waals surface area contributed by atoms with Crippen LogP contribution in [0.25, 0.3) is 0 Å². The van der Waals surface area contributed by atoms with Crippen molar-refractivity contribution in [2.75, 3.05) is 18.1 Å². The molecule has 0 saturated carbocycles. The standard InChI is InChI=1S/C12H18ClNO2S/c1-3-17(15,16)7-6-14-9-11-4-5-12(13)8-10(11)2/h4-5,8,14H,3,6-7,9H2,1-2H3. The van der Waals surface area contributed by atoms with E-state index >= 15 is 0 Å². The number of halogens is 1. The maximum atomic E-state index is 11.3. The number of aryl methyl sites for hydroxylation is 1. The summed E-state index contributed by atoms with van der Waals surface area (Å²) in [6.07, 6.45) is 0. The van der Waals surface area contributed by atoms with Gasteiger partial charge in [0.1, 0.15) is 0 Å². The fourth-order valence-electron chi connectivity index (χ4n) is 1.45. The number of nitrogens with one attached hydrogen (secondary N) is 1. The van der Waals surface area contributed by atoms with Gasteiger partial charge in [0.2, 0.25) is 0 Å². The predicted molar refractivity (Wildman–Crippen MR) is 72.2 cm³/mol. The lowest BCUT2D eigenvalue weighted by Crippen LogP contribution is -2.23. The molecule has 17 heavy (non-hydrogen) atoms. The molecule has 0 atom stereocenters. The monoisotopic (exact) mass is 275 g/mol. The molecule has 0 aliphatic carbocycles. The molecule has 0 aliphatic rings. The summed E-state index contributed by atoms with van der Waals surface area (Å²) in [5.74, 6) is 0.394. The molecule has 0 heterocycles. The van der Waals surface area contributed by atoms with E-state index in [-0.39, 0.29) is 11.5 Å². The molecule has 0 aliphatic heterocycles. The minimum absolute atomic E-state index is 0.191. The second kappa shape index (κ2) is 6.38. The molecule has 96 valence electrons. The second-order valence-electron chi connectivity index (χ2n) is 3.98. The fraction of sp³-hybridized carbons (Fsp3) is 0.500. The summed E-state index contributed by atoms with van der Waals surface area (Å²) >= 11 is 5.86. The van der Waals surface area contributed by atoms with Gasteiger partial charge in [0.05, 0.1) is 5.75 Å². The van der Waals surface area contributed by atoms with E-state index in [0.29, 0.717) is 13.1 Å². The van der Waals surface area contributed by atoms with Gasteiger partial charge in [-0.15, -0.1) is 0 Å². The van der Waals surface area contributed by atoms with Crippen LogP contribution in [0, 0.1) is 6.92 Å². The van der Waals surface area contributed by atoms with Gasteiger partial charge < -0.3 is 5.32 Å². The Balaban J connectivity index is 2.41. The van der Waals surface area contributed by atoms with Crippen molar-refractivity contribution in [2.45, 2.75) is 20.4 Å². The number of hydrogen-bond donors (Lipinski definition) is 1. The smallest absolute Gasteiger partial charge is 0.151 e. The Morgan fingerprint density at radius 1 is 1.35 bits per heavy atom. The normalized spacial score (nSPS) is 11.7. The molecule has 5 heteroatoms. The highest BCUT2D eigenvalue weighted by molar-refractivity contribution is 7.91. The largest absolute Gasteiger partial charge is 0.312 e. The highest BCUT2D eigenvalue weighted by atomic mass is 35.5. The molecule has 0 bridgehead atoms. The first-order chi connectivity index (χ1) is 7.94. The molecular formula is C12H18ClNO2S. The fourth-order valence-corrected chi connectivity index (χ4v) is 2.42. The van der Waals surface area contributed by atoms with Gasteiger partial charge in [-0.05, 0) is 30.2 Å². The van der Waals surface area contributed by atoms with Gasteiger partial charge in [-0.25, -0.2) is 8.42 Å². The molecule has 0 spiro atoms. The van der Waals surface area contributed by atoms with Crippen LogP contribution in [0.5, 0.6) is 0 Å². The summed E-state index contributed by atoms with van der Waals surface area (Å²) in [6, 6.07) is 5.70. The first-order valence-corrected chi connectivity index (χ1v) is 7.80. The van der Waals surface area contributed by atoms with Crippen LogP contribution in [0.2, 0.25) is 5.02 Å². The molecule has 0 aromatic heterocycles. The summed E-state index contributed by atoms with van der Waals surface area (Å²) in [6.45, 7) is 4.81. The van der Waals surface area contributed by atoms with Crippen molar-refractivity contribution in [3.63, 3.8) is 0 Å². The number of rotatable bonds is 6. The summed E-state index contributed by atoms with van der Waals surface area (Å²) < 4.78 is 22.5. The average molecular weight is 276 g/mol. The van der Waals surface area contributed by atoms with Gasteiger partial charge in [-0.3, -0.25) is 0 Å². The maximum Gasteiger partial charge on any atom is 0.151 e. The minimum atomic E-state index is -2.87. The maximum absolute atomic E-state index is 11.3. The lowest BCUT2D eigenvalue weighted by atomic mass is 10.1. The van der Waals surface area contributed by atoms with Gasteiger partial charge in [0, 0.05) is 23.9 Å². The third kappa shape index (κ3) is 5.06. The number of benzene rings is 1. The van der Waals surface area contributed by atoms with Crippen molar-refractivity contribution in [3.8, 4) is 0 Å². The Bertz CT molecular complexity index is 471. The molecular weight excluding hydrogens is 258 g/mol. The van der Waals surface area contributed by atoms with Crippen LogP contribution in [-0.2, 0) is 16.4 Å². The van der Waals surface area contributed by atoms with Crippen LogP contribution in [0.4, 0.5) is 0 Å². The van der Waals surface area contributed by atoms with Crippen molar-refractivity contribution < 1.29 is 8.42 Å². The van der Waals surface area contributed by atoms with Crippen LogP contribution >= 0.6 is 11.6 Å². The number of hydrogen-bond acceptors (Lipinski definition) is 3. The topological polar surface area (TPSA) is 46.2 Å². The first-order valence-electron chi connectivity index (χ1n) is 5.61. The van der Waals surface area contributed by atoms with E-state index in [0.717, 1.165) is 16.1 Å². The third-order valence-corrected chi connectivity index (χ3v) is 4.59. The molecule has 1 rings (SSSR count). The van der Waals surface area contributed by atoms with Crippen molar-refractivity contribution in [2.24, 2.45) is 0 Å². The zero-order valence-electron chi connectivity index (χ0n) is 10.2. The summed E-state index contributed by atoms with van der Waals surface area (Å²) in [5.41, 5.74) is 2.26. The zero-order valence-corrected chi connectivity index (χ0v) is 11.7. The van der Waals surface area contributed by atoms with E-state index in [4.69, 9.17) is 11.6 Å². The number of sulfone groups is 1. The Morgan fingerprint density at radius 2 is 2.06 bits per heavy atom. The molecule has 0 amide bonds. The van der Waals surface area contributed by atoms with Gasteiger partial charge in [0.25, 0.3) is 0 Å². The lowest BCUT2D eigenvalue weighted by molar-refractivity contribution is 0.592. The summed E-state index contributed by atoms with van der Waals surface area (Å²) in [4.78, 5) is 0. The molecule has 3 nitrogen and oxygen atoms in total. The quantitative estimate of drug-likeness (QED) is 0.810. The Labute approximate surface area is 108 Å². The van der Waals surface area contributed by atoms with E-state index < -0.39 is 9.84 Å². The van der Waals surface area contributed by atoms with E-state index in [9.17, 15) is 8.42 Å². The van der Waals surface area contributed by atoms with Crippen LogP contribution in [0.15, 0.2) is 18.2 Å². The van der Waals surface area contributed by atoms with Crippen LogP contribution in [-0.4, -0.2) is 26.5 Å². The third-order valence-electron chi connectivity index (χ3n) is 2.65. The molecule has 0 unspecified atom stereocenters. The molecule has 0 saturated heterocycles. The van der Waals surface area contributed by atoms with Gasteiger partial charge >= 0.3 is 0 Å². The van der Waals surface area contributed by atoms with Crippen LogP contribution < -0.4 is 5.32 Å². The predicted octanol–water partition coefficient (Wildman–Crippen LogP) is 2.17. The Morgan fingerprint density at radius 3 is 2.65 bits per heavy atom. The van der Waals surface area contributed by atoms with Crippen LogP contribution in [0.3, 0.4) is 0 Å². The molecule has 1 aromatic carbocycles. The second-order valence-corrected chi connectivity index (χ2v) is 6.89. The van der Waals surface area contributed by atoms with Gasteiger partial charge in [0.15, 0.2) is 9.84 Å². The highest BCUT2D eigenvalue weighted by Crippen LogP contribution is 2.14. The van der Waals surface area contributed by atoms with E-state index in [1.165, 1.54) is 0 Å². The molecule has 0 fully saturated rings. The lowest BCUT2D eigenvalue weighted by Gasteiger charge is -2.08. The SMILES string of the molecule is CCS(=O)(=O)CCNCc1ccc(Cl)cc1C. The van der Waals surface area contributed by atoms with E-state index in [2.05, 4.69) is 5.32 Å². The van der Waals surface area contributed by atoms with Gasteiger partial charge in [-0.2, -0.15) is 0 Å². The van der Waals surface area contributed by atoms with Crippen molar-refractivity contribution in [3.05, 3.63) is 34.3 Å². The minimum Gasteiger partial charge on any atom is -0.312 e. The Hall–Kier alpha value is -0.580.